The maximum Gasteiger partial charge on any atom is 0.129 e. The smallest absolute Gasteiger partial charge is 0.129 e. The largest absolute Gasteiger partial charge is 0.488 e. The van der Waals surface area contributed by atoms with Gasteiger partial charge in [0.25, 0.3) is 0 Å². The SMILES string of the molecule is N#Cc1ccc(F)cc1COc1cccc2ncccc12. The van der Waals surface area contributed by atoms with Crippen molar-refractivity contribution in [1.82, 2.24) is 4.98 Å². The van der Waals surface area contributed by atoms with Gasteiger partial charge in [0.2, 0.25) is 0 Å². The van der Waals surface area contributed by atoms with Crippen molar-refractivity contribution in [3.63, 3.8) is 0 Å². The van der Waals surface area contributed by atoms with E-state index in [2.05, 4.69) is 4.98 Å². The molecule has 0 saturated heterocycles. The Bertz CT molecular complexity index is 834. The number of halogens is 1. The average Bonchev–Trinajstić information content (AvgIpc) is 2.53. The van der Waals surface area contributed by atoms with Crippen LogP contribution in [0.15, 0.2) is 54.7 Å². The van der Waals surface area contributed by atoms with Crippen molar-refractivity contribution in [1.29, 1.82) is 5.26 Å². The predicted molar refractivity (Wildman–Crippen MR) is 77.2 cm³/mol. The lowest BCUT2D eigenvalue weighted by molar-refractivity contribution is 0.309. The molecule has 4 heteroatoms. The lowest BCUT2D eigenvalue weighted by Gasteiger charge is -2.10. The van der Waals surface area contributed by atoms with Gasteiger partial charge in [-0.1, -0.05) is 6.07 Å². The van der Waals surface area contributed by atoms with E-state index in [-0.39, 0.29) is 12.4 Å². The fourth-order valence-corrected chi connectivity index (χ4v) is 2.15. The second-order valence-electron chi connectivity index (χ2n) is 4.53. The summed E-state index contributed by atoms with van der Waals surface area (Å²) < 4.78 is 19.0. The summed E-state index contributed by atoms with van der Waals surface area (Å²) in [5.74, 6) is 0.279. The molecule has 0 fully saturated rings. The molecule has 0 aliphatic heterocycles. The molecule has 0 aliphatic rings. The molecule has 0 aliphatic carbocycles. The Labute approximate surface area is 121 Å². The van der Waals surface area contributed by atoms with Gasteiger partial charge in [0.15, 0.2) is 0 Å². The summed E-state index contributed by atoms with van der Waals surface area (Å²) in [5, 5.41) is 9.92. The predicted octanol–water partition coefficient (Wildman–Crippen LogP) is 3.82. The number of fused-ring (bicyclic) bond motifs is 1. The molecule has 2 aromatic carbocycles. The Morgan fingerprint density at radius 3 is 2.90 bits per heavy atom. The van der Waals surface area contributed by atoms with Gasteiger partial charge in [-0.2, -0.15) is 5.26 Å². The highest BCUT2D eigenvalue weighted by molar-refractivity contribution is 5.84. The van der Waals surface area contributed by atoms with Gasteiger partial charge in [0, 0.05) is 17.1 Å². The van der Waals surface area contributed by atoms with Gasteiger partial charge in [0.05, 0.1) is 17.1 Å². The summed E-state index contributed by atoms with van der Waals surface area (Å²) >= 11 is 0. The van der Waals surface area contributed by atoms with Gasteiger partial charge >= 0.3 is 0 Å². The van der Waals surface area contributed by atoms with Crippen molar-refractivity contribution in [3.05, 3.63) is 71.7 Å². The zero-order chi connectivity index (χ0) is 14.7. The van der Waals surface area contributed by atoms with Crippen LogP contribution in [0.2, 0.25) is 0 Å². The molecule has 0 bridgehead atoms. The zero-order valence-corrected chi connectivity index (χ0v) is 11.1. The highest BCUT2D eigenvalue weighted by Crippen LogP contribution is 2.25. The first kappa shape index (κ1) is 13.1. The van der Waals surface area contributed by atoms with E-state index in [4.69, 9.17) is 10.00 Å². The number of ether oxygens (including phenoxy) is 1. The third-order valence-electron chi connectivity index (χ3n) is 3.18. The van der Waals surface area contributed by atoms with Crippen LogP contribution in [0.1, 0.15) is 11.1 Å². The monoisotopic (exact) mass is 278 g/mol. The van der Waals surface area contributed by atoms with Crippen LogP contribution in [0, 0.1) is 17.1 Å². The lowest BCUT2D eigenvalue weighted by Crippen LogP contribution is -1.99. The van der Waals surface area contributed by atoms with Crippen molar-refractivity contribution >= 4 is 10.9 Å². The molecule has 1 aromatic heterocycles. The second-order valence-corrected chi connectivity index (χ2v) is 4.53. The maximum absolute atomic E-state index is 13.3. The molecular weight excluding hydrogens is 267 g/mol. The van der Waals surface area contributed by atoms with Gasteiger partial charge in [-0.3, -0.25) is 4.98 Å². The molecule has 0 radical (unpaired) electrons. The van der Waals surface area contributed by atoms with Crippen LogP contribution in [0.3, 0.4) is 0 Å². The number of hydrogen-bond donors (Lipinski definition) is 0. The van der Waals surface area contributed by atoms with Gasteiger partial charge in [-0.25, -0.2) is 4.39 Å². The van der Waals surface area contributed by atoms with E-state index in [0.717, 1.165) is 10.9 Å². The first-order chi connectivity index (χ1) is 10.3. The summed E-state index contributed by atoms with van der Waals surface area (Å²) in [7, 11) is 0. The molecule has 0 spiro atoms. The first-order valence-electron chi connectivity index (χ1n) is 6.43. The molecule has 3 nitrogen and oxygen atoms in total. The van der Waals surface area contributed by atoms with Crippen LogP contribution in [0.5, 0.6) is 5.75 Å². The molecule has 1 heterocycles. The Balaban J connectivity index is 1.91. The van der Waals surface area contributed by atoms with Gasteiger partial charge in [-0.05, 0) is 42.5 Å². The number of nitrogens with zero attached hydrogens (tertiary/aromatic N) is 2. The van der Waals surface area contributed by atoms with E-state index < -0.39 is 0 Å². The van der Waals surface area contributed by atoms with E-state index in [1.165, 1.54) is 18.2 Å². The molecule has 0 amide bonds. The third-order valence-corrected chi connectivity index (χ3v) is 3.18. The van der Waals surface area contributed by atoms with Crippen molar-refractivity contribution in [3.8, 4) is 11.8 Å². The third kappa shape index (κ3) is 2.67. The number of benzene rings is 2. The van der Waals surface area contributed by atoms with Crippen molar-refractivity contribution in [2.24, 2.45) is 0 Å². The van der Waals surface area contributed by atoms with E-state index in [1.54, 1.807) is 6.20 Å². The van der Waals surface area contributed by atoms with Gasteiger partial charge < -0.3 is 4.74 Å². The highest BCUT2D eigenvalue weighted by atomic mass is 19.1. The molecule has 0 saturated carbocycles. The van der Waals surface area contributed by atoms with Gasteiger partial charge in [-0.15, -0.1) is 0 Å². The maximum atomic E-state index is 13.3. The Kier molecular flexibility index (Phi) is 3.48. The number of aromatic nitrogens is 1. The highest BCUT2D eigenvalue weighted by Gasteiger charge is 2.07. The summed E-state index contributed by atoms with van der Waals surface area (Å²) in [6.07, 6.45) is 1.71. The van der Waals surface area contributed by atoms with E-state index in [1.807, 2.05) is 36.4 Å². The average molecular weight is 278 g/mol. The minimum atomic E-state index is -0.382. The minimum Gasteiger partial charge on any atom is -0.488 e. The molecule has 0 N–H and O–H groups in total. The van der Waals surface area contributed by atoms with Crippen LogP contribution in [-0.2, 0) is 6.61 Å². The minimum absolute atomic E-state index is 0.134. The van der Waals surface area contributed by atoms with Crippen molar-refractivity contribution in [2.75, 3.05) is 0 Å². The molecular formula is C17H11FN2O. The van der Waals surface area contributed by atoms with Gasteiger partial charge in [0.1, 0.15) is 18.2 Å². The Morgan fingerprint density at radius 1 is 1.14 bits per heavy atom. The molecule has 102 valence electrons. The number of nitriles is 1. The molecule has 0 atom stereocenters. The normalized spacial score (nSPS) is 10.3. The van der Waals surface area contributed by atoms with Crippen LogP contribution in [-0.4, -0.2) is 4.98 Å². The summed E-state index contributed by atoms with van der Waals surface area (Å²) in [6.45, 7) is 0.134. The number of rotatable bonds is 3. The van der Waals surface area contributed by atoms with E-state index in [9.17, 15) is 4.39 Å². The summed E-state index contributed by atoms with van der Waals surface area (Å²) in [4.78, 5) is 4.25. The quantitative estimate of drug-likeness (QED) is 0.731. The number of hydrogen-bond acceptors (Lipinski definition) is 3. The fourth-order valence-electron chi connectivity index (χ4n) is 2.15. The van der Waals surface area contributed by atoms with Crippen LogP contribution in [0.4, 0.5) is 4.39 Å². The van der Waals surface area contributed by atoms with Crippen LogP contribution < -0.4 is 4.74 Å². The molecule has 0 unspecified atom stereocenters. The standard InChI is InChI=1S/C17H11FN2O/c18-14-7-6-12(10-19)13(9-14)11-21-17-5-1-4-16-15(17)3-2-8-20-16/h1-9H,11H2. The van der Waals surface area contributed by atoms with Crippen molar-refractivity contribution < 1.29 is 9.13 Å². The summed E-state index contributed by atoms with van der Waals surface area (Å²) in [5.41, 5.74) is 1.77. The molecule has 3 aromatic rings. The zero-order valence-electron chi connectivity index (χ0n) is 11.1. The topological polar surface area (TPSA) is 45.9 Å². The van der Waals surface area contributed by atoms with Crippen LogP contribution >= 0.6 is 0 Å². The summed E-state index contributed by atoms with van der Waals surface area (Å²) in [6, 6.07) is 15.4. The van der Waals surface area contributed by atoms with E-state index in [0.29, 0.717) is 16.9 Å². The van der Waals surface area contributed by atoms with Crippen molar-refractivity contribution in [2.45, 2.75) is 6.61 Å². The second kappa shape index (κ2) is 5.59. The Hall–Kier alpha value is -2.93. The molecule has 3 rings (SSSR count). The lowest BCUT2D eigenvalue weighted by atomic mass is 10.1. The molecule has 21 heavy (non-hydrogen) atoms. The van der Waals surface area contributed by atoms with Crippen LogP contribution in [0.25, 0.3) is 10.9 Å². The first-order valence-corrected chi connectivity index (χ1v) is 6.43. The van der Waals surface area contributed by atoms with E-state index >= 15 is 0 Å². The Morgan fingerprint density at radius 2 is 2.05 bits per heavy atom. The fraction of sp³-hybridized carbons (Fsp3) is 0.0588. The number of pyridine rings is 1.